The summed E-state index contributed by atoms with van der Waals surface area (Å²) in [5, 5.41) is 8.73. The molecular formula is C14H17N3O. The summed E-state index contributed by atoms with van der Waals surface area (Å²) in [4.78, 5) is 13.6. The highest BCUT2D eigenvalue weighted by Crippen LogP contribution is 2.30. The Morgan fingerprint density at radius 3 is 2.67 bits per heavy atom. The number of rotatable bonds is 3. The summed E-state index contributed by atoms with van der Waals surface area (Å²) in [6.45, 7) is 4.32. The van der Waals surface area contributed by atoms with Gasteiger partial charge in [0.25, 0.3) is 0 Å². The lowest BCUT2D eigenvalue weighted by atomic mass is 9.89. The van der Waals surface area contributed by atoms with Crippen molar-refractivity contribution in [3.05, 3.63) is 35.4 Å². The average Bonchev–Trinajstić information content (AvgIpc) is 2.73. The van der Waals surface area contributed by atoms with Gasteiger partial charge in [0.1, 0.15) is 0 Å². The Morgan fingerprint density at radius 2 is 2.17 bits per heavy atom. The van der Waals surface area contributed by atoms with Gasteiger partial charge in [0, 0.05) is 13.1 Å². The van der Waals surface area contributed by atoms with E-state index in [4.69, 9.17) is 11.0 Å². The maximum absolute atomic E-state index is 11.4. The summed E-state index contributed by atoms with van der Waals surface area (Å²) in [5.74, 6) is -0.218. The first-order valence-corrected chi connectivity index (χ1v) is 6.05. The standard InChI is InChI=1S/C14H17N3O/c1-14(13(16)18)6-7-17(10-14)9-12-4-2-11(8-15)3-5-12/h2-5H,6-7,9-10H2,1H3,(H2,16,18). The molecule has 1 heterocycles. The fraction of sp³-hybridized carbons (Fsp3) is 0.429. The molecule has 4 nitrogen and oxygen atoms in total. The number of benzene rings is 1. The van der Waals surface area contributed by atoms with Crippen LogP contribution in [0.5, 0.6) is 0 Å². The van der Waals surface area contributed by atoms with Gasteiger partial charge >= 0.3 is 0 Å². The molecule has 1 aliphatic heterocycles. The molecule has 4 heteroatoms. The van der Waals surface area contributed by atoms with E-state index in [0.29, 0.717) is 12.1 Å². The summed E-state index contributed by atoms with van der Waals surface area (Å²) in [6.07, 6.45) is 0.818. The van der Waals surface area contributed by atoms with Gasteiger partial charge in [0.15, 0.2) is 0 Å². The van der Waals surface area contributed by atoms with Crippen LogP contribution < -0.4 is 5.73 Å². The van der Waals surface area contributed by atoms with Gasteiger partial charge in [-0.1, -0.05) is 12.1 Å². The predicted molar refractivity (Wildman–Crippen MR) is 68.4 cm³/mol. The molecule has 0 saturated carbocycles. The number of likely N-dealkylation sites (tertiary alicyclic amines) is 1. The molecule has 1 saturated heterocycles. The van der Waals surface area contributed by atoms with Crippen LogP contribution in [0.15, 0.2) is 24.3 Å². The van der Waals surface area contributed by atoms with Gasteiger partial charge in [-0.2, -0.15) is 5.26 Å². The van der Waals surface area contributed by atoms with E-state index in [1.807, 2.05) is 31.2 Å². The van der Waals surface area contributed by atoms with Crippen molar-refractivity contribution in [1.29, 1.82) is 5.26 Å². The van der Waals surface area contributed by atoms with Crippen molar-refractivity contribution in [2.75, 3.05) is 13.1 Å². The predicted octanol–water partition coefficient (Wildman–Crippen LogP) is 1.26. The number of carbonyl (C=O) groups is 1. The minimum atomic E-state index is -0.396. The number of hydrogen-bond donors (Lipinski definition) is 1. The van der Waals surface area contributed by atoms with Crippen LogP contribution in [0, 0.1) is 16.7 Å². The third kappa shape index (κ3) is 2.52. The first kappa shape index (κ1) is 12.6. The maximum atomic E-state index is 11.4. The van der Waals surface area contributed by atoms with Crippen LogP contribution in [0.2, 0.25) is 0 Å². The second kappa shape index (κ2) is 4.79. The monoisotopic (exact) mass is 243 g/mol. The van der Waals surface area contributed by atoms with Crippen LogP contribution in [0.4, 0.5) is 0 Å². The number of nitrogens with zero attached hydrogens (tertiary/aromatic N) is 2. The second-order valence-corrected chi connectivity index (χ2v) is 5.19. The van der Waals surface area contributed by atoms with E-state index >= 15 is 0 Å². The Hall–Kier alpha value is -1.86. The van der Waals surface area contributed by atoms with Crippen molar-refractivity contribution in [1.82, 2.24) is 4.90 Å². The number of nitrogens with two attached hydrogens (primary N) is 1. The summed E-state index contributed by atoms with van der Waals surface area (Å²) in [6, 6.07) is 9.65. The molecule has 0 aromatic heterocycles. The molecule has 1 aliphatic rings. The highest BCUT2D eigenvalue weighted by molar-refractivity contribution is 5.81. The van der Waals surface area contributed by atoms with E-state index in [1.165, 1.54) is 0 Å². The van der Waals surface area contributed by atoms with Crippen molar-refractivity contribution < 1.29 is 4.79 Å². The molecule has 2 rings (SSSR count). The molecule has 1 atom stereocenters. The van der Waals surface area contributed by atoms with E-state index < -0.39 is 5.41 Å². The Labute approximate surface area is 107 Å². The van der Waals surface area contributed by atoms with E-state index in [9.17, 15) is 4.79 Å². The third-order valence-corrected chi connectivity index (χ3v) is 3.64. The Bertz CT molecular complexity index is 489. The Morgan fingerprint density at radius 1 is 1.50 bits per heavy atom. The van der Waals surface area contributed by atoms with Gasteiger partial charge in [-0.05, 0) is 37.6 Å². The SMILES string of the molecule is CC1(C(N)=O)CCN(Cc2ccc(C#N)cc2)C1. The topological polar surface area (TPSA) is 70.1 Å². The van der Waals surface area contributed by atoms with Gasteiger partial charge in [0.2, 0.25) is 5.91 Å². The first-order chi connectivity index (χ1) is 8.53. The van der Waals surface area contributed by atoms with Crippen LogP contribution in [-0.4, -0.2) is 23.9 Å². The first-order valence-electron chi connectivity index (χ1n) is 6.05. The van der Waals surface area contributed by atoms with Crippen molar-refractivity contribution in [3.63, 3.8) is 0 Å². The van der Waals surface area contributed by atoms with Gasteiger partial charge < -0.3 is 5.73 Å². The number of primary amides is 1. The van der Waals surface area contributed by atoms with Crippen LogP contribution >= 0.6 is 0 Å². The highest BCUT2D eigenvalue weighted by Gasteiger charge is 2.38. The normalized spacial score (nSPS) is 23.8. The van der Waals surface area contributed by atoms with Crippen molar-refractivity contribution in [2.24, 2.45) is 11.1 Å². The van der Waals surface area contributed by atoms with Gasteiger partial charge in [-0.25, -0.2) is 0 Å². The molecule has 1 aromatic rings. The highest BCUT2D eigenvalue weighted by atomic mass is 16.1. The number of carbonyl (C=O) groups excluding carboxylic acids is 1. The van der Waals surface area contributed by atoms with Gasteiger partial charge in [-0.3, -0.25) is 9.69 Å². The minimum absolute atomic E-state index is 0.218. The van der Waals surface area contributed by atoms with E-state index in [0.717, 1.165) is 25.1 Å². The maximum Gasteiger partial charge on any atom is 0.224 e. The fourth-order valence-electron chi connectivity index (χ4n) is 2.34. The van der Waals surface area contributed by atoms with Crippen LogP contribution in [-0.2, 0) is 11.3 Å². The summed E-state index contributed by atoms with van der Waals surface area (Å²) < 4.78 is 0. The molecule has 0 bridgehead atoms. The zero-order valence-corrected chi connectivity index (χ0v) is 10.5. The molecule has 18 heavy (non-hydrogen) atoms. The lowest BCUT2D eigenvalue weighted by Crippen LogP contribution is -2.36. The molecule has 1 unspecified atom stereocenters. The largest absolute Gasteiger partial charge is 0.369 e. The zero-order valence-electron chi connectivity index (χ0n) is 10.5. The molecule has 1 fully saturated rings. The Balaban J connectivity index is 1.99. The zero-order chi connectivity index (χ0) is 13.2. The fourth-order valence-corrected chi connectivity index (χ4v) is 2.34. The van der Waals surface area contributed by atoms with E-state index in [2.05, 4.69) is 11.0 Å². The summed E-state index contributed by atoms with van der Waals surface area (Å²) in [5.41, 5.74) is 6.85. The van der Waals surface area contributed by atoms with Crippen molar-refractivity contribution >= 4 is 5.91 Å². The van der Waals surface area contributed by atoms with Crippen LogP contribution in [0.3, 0.4) is 0 Å². The van der Waals surface area contributed by atoms with Crippen LogP contribution in [0.25, 0.3) is 0 Å². The molecule has 0 aliphatic carbocycles. The number of nitriles is 1. The number of amides is 1. The quantitative estimate of drug-likeness (QED) is 0.868. The van der Waals surface area contributed by atoms with Gasteiger partial charge in [-0.15, -0.1) is 0 Å². The molecule has 94 valence electrons. The average molecular weight is 243 g/mol. The molecule has 2 N–H and O–H groups in total. The Kier molecular flexibility index (Phi) is 3.35. The van der Waals surface area contributed by atoms with E-state index in [-0.39, 0.29) is 5.91 Å². The molecule has 0 radical (unpaired) electrons. The molecular weight excluding hydrogens is 226 g/mol. The minimum Gasteiger partial charge on any atom is -0.369 e. The second-order valence-electron chi connectivity index (χ2n) is 5.19. The summed E-state index contributed by atoms with van der Waals surface area (Å²) >= 11 is 0. The smallest absolute Gasteiger partial charge is 0.224 e. The van der Waals surface area contributed by atoms with E-state index in [1.54, 1.807) is 0 Å². The molecule has 1 amide bonds. The summed E-state index contributed by atoms with van der Waals surface area (Å²) in [7, 11) is 0. The lowest BCUT2D eigenvalue weighted by molar-refractivity contribution is -0.126. The van der Waals surface area contributed by atoms with Gasteiger partial charge in [0.05, 0.1) is 17.0 Å². The van der Waals surface area contributed by atoms with Crippen molar-refractivity contribution in [3.8, 4) is 6.07 Å². The molecule has 1 aromatic carbocycles. The third-order valence-electron chi connectivity index (χ3n) is 3.64. The molecule has 0 spiro atoms. The number of hydrogen-bond acceptors (Lipinski definition) is 3. The lowest BCUT2D eigenvalue weighted by Gasteiger charge is -2.21. The van der Waals surface area contributed by atoms with Crippen molar-refractivity contribution in [2.45, 2.75) is 19.9 Å². The van der Waals surface area contributed by atoms with Crippen LogP contribution in [0.1, 0.15) is 24.5 Å².